The molecule has 0 spiro atoms. The molecule has 1 N–H and O–H groups in total. The Morgan fingerprint density at radius 2 is 1.89 bits per heavy atom. The lowest BCUT2D eigenvalue weighted by atomic mass is 10.1. The highest BCUT2D eigenvalue weighted by Gasteiger charge is 2.13. The van der Waals surface area contributed by atoms with Gasteiger partial charge >= 0.3 is 0 Å². The fourth-order valence-electron chi connectivity index (χ4n) is 2.75. The van der Waals surface area contributed by atoms with Crippen molar-refractivity contribution in [2.24, 2.45) is 5.10 Å². The van der Waals surface area contributed by atoms with Crippen molar-refractivity contribution in [1.29, 1.82) is 0 Å². The second-order valence-corrected chi connectivity index (χ2v) is 6.57. The van der Waals surface area contributed by atoms with Crippen LogP contribution in [0.4, 0.5) is 0 Å². The highest BCUT2D eigenvalue weighted by molar-refractivity contribution is 6.32. The molecule has 0 saturated heterocycles. The number of carbonyl (C=O) groups is 1. The van der Waals surface area contributed by atoms with E-state index in [2.05, 4.69) is 34.8 Å². The topological polar surface area (TPSA) is 59.9 Å². The van der Waals surface area contributed by atoms with Gasteiger partial charge in [-0.2, -0.15) is 5.10 Å². The molecule has 144 valence electrons. The third-order valence-corrected chi connectivity index (χ3v) is 4.25. The van der Waals surface area contributed by atoms with Gasteiger partial charge in [-0.15, -0.1) is 0 Å². The van der Waals surface area contributed by atoms with Crippen LogP contribution in [0.1, 0.15) is 25.0 Å². The minimum atomic E-state index is -0.247. The maximum absolute atomic E-state index is 10.9. The summed E-state index contributed by atoms with van der Waals surface area (Å²) in [4.78, 5) is 10.9. The van der Waals surface area contributed by atoms with Gasteiger partial charge in [0.1, 0.15) is 6.61 Å². The van der Waals surface area contributed by atoms with Crippen molar-refractivity contribution < 1.29 is 14.3 Å². The standard InChI is InChI=1S/C22H21ClN2O3/c1-3-27-21-12-17(13-24-25-15(2)26)11-20(23)22(21)28-14-16-8-9-18-6-4-5-7-19(18)10-16/h4-13H,3,14H2,1-2H3,(H,25,26)/b24-13-. The van der Waals surface area contributed by atoms with Crippen LogP contribution < -0.4 is 14.9 Å². The number of hydrazone groups is 1. The predicted molar refractivity (Wildman–Crippen MR) is 112 cm³/mol. The molecule has 0 heterocycles. The SMILES string of the molecule is CCOc1cc(/C=N\NC(C)=O)cc(Cl)c1OCc1ccc2ccccc2c1. The van der Waals surface area contributed by atoms with Crippen LogP contribution in [0, 0.1) is 0 Å². The predicted octanol–water partition coefficient (Wildman–Crippen LogP) is 4.94. The number of hydrogen-bond acceptors (Lipinski definition) is 4. The van der Waals surface area contributed by atoms with E-state index >= 15 is 0 Å². The zero-order valence-electron chi connectivity index (χ0n) is 15.7. The van der Waals surface area contributed by atoms with Gasteiger partial charge in [-0.05, 0) is 47.0 Å². The quantitative estimate of drug-likeness (QED) is 0.454. The third-order valence-electron chi connectivity index (χ3n) is 3.96. The van der Waals surface area contributed by atoms with Crippen LogP contribution in [0.2, 0.25) is 5.02 Å². The lowest BCUT2D eigenvalue weighted by molar-refractivity contribution is -0.118. The Kier molecular flexibility index (Phi) is 6.50. The molecule has 0 fully saturated rings. The van der Waals surface area contributed by atoms with Crippen molar-refractivity contribution in [3.8, 4) is 11.5 Å². The van der Waals surface area contributed by atoms with Crippen LogP contribution in [-0.2, 0) is 11.4 Å². The summed E-state index contributed by atoms with van der Waals surface area (Å²) in [6.45, 7) is 4.11. The first kappa shape index (κ1) is 19.7. The van der Waals surface area contributed by atoms with Crippen LogP contribution >= 0.6 is 11.6 Å². The molecule has 3 rings (SSSR count). The third kappa shape index (κ3) is 5.02. The fraction of sp³-hybridized carbons (Fsp3) is 0.182. The first-order chi connectivity index (χ1) is 13.6. The first-order valence-electron chi connectivity index (χ1n) is 8.93. The van der Waals surface area contributed by atoms with Crippen molar-refractivity contribution in [1.82, 2.24) is 5.43 Å². The van der Waals surface area contributed by atoms with Gasteiger partial charge in [0, 0.05) is 6.92 Å². The first-order valence-corrected chi connectivity index (χ1v) is 9.31. The Bertz CT molecular complexity index is 1020. The lowest BCUT2D eigenvalue weighted by Crippen LogP contribution is -2.12. The van der Waals surface area contributed by atoms with Crippen molar-refractivity contribution in [2.75, 3.05) is 6.61 Å². The Morgan fingerprint density at radius 3 is 2.64 bits per heavy atom. The number of rotatable bonds is 7. The number of hydrogen-bond donors (Lipinski definition) is 1. The molecule has 0 aliphatic heterocycles. The van der Waals surface area contributed by atoms with Gasteiger partial charge in [-0.3, -0.25) is 4.79 Å². The van der Waals surface area contributed by atoms with Crippen molar-refractivity contribution in [3.63, 3.8) is 0 Å². The van der Waals surface area contributed by atoms with E-state index in [0.717, 1.165) is 10.9 Å². The molecule has 0 aromatic heterocycles. The summed E-state index contributed by atoms with van der Waals surface area (Å²) in [7, 11) is 0. The van der Waals surface area contributed by atoms with Crippen LogP contribution in [-0.4, -0.2) is 18.7 Å². The van der Waals surface area contributed by atoms with E-state index in [1.807, 2.05) is 25.1 Å². The van der Waals surface area contributed by atoms with E-state index in [1.54, 1.807) is 12.1 Å². The van der Waals surface area contributed by atoms with E-state index in [4.69, 9.17) is 21.1 Å². The van der Waals surface area contributed by atoms with Crippen LogP contribution in [0.25, 0.3) is 10.8 Å². The minimum absolute atomic E-state index is 0.247. The molecule has 5 nitrogen and oxygen atoms in total. The monoisotopic (exact) mass is 396 g/mol. The summed E-state index contributed by atoms with van der Waals surface area (Å²) in [5.41, 5.74) is 4.09. The van der Waals surface area contributed by atoms with Crippen molar-refractivity contribution in [3.05, 3.63) is 70.7 Å². The minimum Gasteiger partial charge on any atom is -0.490 e. The molecule has 6 heteroatoms. The van der Waals surface area contributed by atoms with E-state index in [-0.39, 0.29) is 5.91 Å². The lowest BCUT2D eigenvalue weighted by Gasteiger charge is -2.14. The molecule has 3 aromatic rings. The molecule has 28 heavy (non-hydrogen) atoms. The van der Waals surface area contributed by atoms with Gasteiger partial charge in [0.25, 0.3) is 0 Å². The second-order valence-electron chi connectivity index (χ2n) is 6.16. The Hall–Kier alpha value is -3.05. The van der Waals surface area contributed by atoms with Crippen LogP contribution in [0.3, 0.4) is 0 Å². The normalized spacial score (nSPS) is 11.0. The summed E-state index contributed by atoms with van der Waals surface area (Å²) >= 11 is 6.42. The number of nitrogens with zero attached hydrogens (tertiary/aromatic N) is 1. The average molecular weight is 397 g/mol. The maximum atomic E-state index is 10.9. The zero-order chi connectivity index (χ0) is 19.9. The highest BCUT2D eigenvalue weighted by atomic mass is 35.5. The Balaban J connectivity index is 1.81. The van der Waals surface area contributed by atoms with E-state index in [9.17, 15) is 4.79 Å². The molecule has 0 radical (unpaired) electrons. The van der Waals surface area contributed by atoms with Gasteiger partial charge in [-0.1, -0.05) is 48.0 Å². The van der Waals surface area contributed by atoms with Gasteiger partial charge in [0.05, 0.1) is 17.8 Å². The highest BCUT2D eigenvalue weighted by Crippen LogP contribution is 2.37. The summed E-state index contributed by atoms with van der Waals surface area (Å²) in [5, 5.41) is 6.61. The van der Waals surface area contributed by atoms with E-state index in [0.29, 0.717) is 35.3 Å². The number of ether oxygens (including phenoxy) is 2. The van der Waals surface area contributed by atoms with Crippen molar-refractivity contribution >= 4 is 34.5 Å². The molecule has 0 bridgehead atoms. The zero-order valence-corrected chi connectivity index (χ0v) is 16.5. The number of amides is 1. The number of carbonyl (C=O) groups excluding carboxylic acids is 1. The Morgan fingerprint density at radius 1 is 1.11 bits per heavy atom. The molecule has 0 atom stereocenters. The molecule has 0 unspecified atom stereocenters. The molecule has 0 aliphatic carbocycles. The van der Waals surface area contributed by atoms with Crippen LogP contribution in [0.5, 0.6) is 11.5 Å². The van der Waals surface area contributed by atoms with E-state index in [1.165, 1.54) is 18.5 Å². The molecule has 0 aliphatic rings. The number of halogens is 1. The summed E-state index contributed by atoms with van der Waals surface area (Å²) in [5.74, 6) is 0.760. The number of benzene rings is 3. The molecular formula is C22H21ClN2O3. The molecular weight excluding hydrogens is 376 g/mol. The fourth-order valence-corrected chi connectivity index (χ4v) is 3.02. The second kappa shape index (κ2) is 9.24. The average Bonchev–Trinajstić information content (AvgIpc) is 2.67. The molecule has 3 aromatic carbocycles. The molecule has 1 amide bonds. The smallest absolute Gasteiger partial charge is 0.236 e. The van der Waals surface area contributed by atoms with Gasteiger partial charge in [-0.25, -0.2) is 5.43 Å². The Labute approximate surface area is 168 Å². The van der Waals surface area contributed by atoms with Gasteiger partial charge < -0.3 is 9.47 Å². The summed E-state index contributed by atoms with van der Waals surface area (Å²) in [6.07, 6.45) is 1.50. The van der Waals surface area contributed by atoms with Gasteiger partial charge in [0.2, 0.25) is 5.91 Å². The summed E-state index contributed by atoms with van der Waals surface area (Å²) < 4.78 is 11.7. The summed E-state index contributed by atoms with van der Waals surface area (Å²) in [6, 6.07) is 17.9. The molecule has 0 saturated carbocycles. The van der Waals surface area contributed by atoms with Crippen LogP contribution in [0.15, 0.2) is 59.7 Å². The van der Waals surface area contributed by atoms with Gasteiger partial charge in [0.15, 0.2) is 11.5 Å². The number of fused-ring (bicyclic) bond motifs is 1. The van der Waals surface area contributed by atoms with Crippen molar-refractivity contribution in [2.45, 2.75) is 20.5 Å². The maximum Gasteiger partial charge on any atom is 0.236 e. The number of nitrogens with one attached hydrogen (secondary N) is 1. The largest absolute Gasteiger partial charge is 0.490 e. The van der Waals surface area contributed by atoms with E-state index < -0.39 is 0 Å².